The van der Waals surface area contributed by atoms with Crippen molar-refractivity contribution in [3.05, 3.63) is 60.8 Å². The van der Waals surface area contributed by atoms with Crippen molar-refractivity contribution in [1.82, 2.24) is 9.88 Å². The molecule has 0 atom stereocenters. The second kappa shape index (κ2) is 9.67. The Kier molecular flexibility index (Phi) is 6.74. The molecule has 0 aliphatic carbocycles. The molecule has 0 saturated carbocycles. The van der Waals surface area contributed by atoms with Gasteiger partial charge >= 0.3 is 0 Å². The summed E-state index contributed by atoms with van der Waals surface area (Å²) in [5, 5.41) is 4.14. The molecule has 27 heavy (non-hydrogen) atoms. The summed E-state index contributed by atoms with van der Waals surface area (Å²) >= 11 is 0. The highest BCUT2D eigenvalue weighted by atomic mass is 16.5. The first-order chi connectivity index (χ1) is 13.3. The molecule has 3 rings (SSSR count). The van der Waals surface area contributed by atoms with Crippen molar-refractivity contribution >= 4 is 16.8 Å². The fourth-order valence-corrected chi connectivity index (χ4v) is 2.86. The SMILES string of the molecule is CCCOc1ccc(OCC(=O)NCCCn2ccc3ccccc32)cc1. The second-order valence-corrected chi connectivity index (χ2v) is 6.38. The monoisotopic (exact) mass is 366 g/mol. The van der Waals surface area contributed by atoms with Gasteiger partial charge < -0.3 is 19.4 Å². The predicted molar refractivity (Wildman–Crippen MR) is 107 cm³/mol. The third-order valence-corrected chi connectivity index (χ3v) is 4.24. The van der Waals surface area contributed by atoms with Crippen molar-refractivity contribution in [2.75, 3.05) is 19.8 Å². The van der Waals surface area contributed by atoms with Crippen LogP contribution in [0.4, 0.5) is 0 Å². The van der Waals surface area contributed by atoms with Crippen molar-refractivity contribution in [3.8, 4) is 11.5 Å². The smallest absolute Gasteiger partial charge is 0.257 e. The van der Waals surface area contributed by atoms with Crippen molar-refractivity contribution in [1.29, 1.82) is 0 Å². The first-order valence-corrected chi connectivity index (χ1v) is 9.42. The fourth-order valence-electron chi connectivity index (χ4n) is 2.86. The van der Waals surface area contributed by atoms with E-state index >= 15 is 0 Å². The summed E-state index contributed by atoms with van der Waals surface area (Å²) in [5.74, 6) is 1.36. The Labute approximate surface area is 159 Å². The number of fused-ring (bicyclic) bond motifs is 1. The fraction of sp³-hybridized carbons (Fsp3) is 0.318. The van der Waals surface area contributed by atoms with Crippen LogP contribution >= 0.6 is 0 Å². The summed E-state index contributed by atoms with van der Waals surface area (Å²) in [6, 6.07) is 17.7. The molecular formula is C22H26N2O3. The Balaban J connectivity index is 1.35. The molecule has 1 heterocycles. The van der Waals surface area contributed by atoms with Gasteiger partial charge in [0.05, 0.1) is 6.61 Å². The van der Waals surface area contributed by atoms with E-state index in [2.05, 4.69) is 41.2 Å². The van der Waals surface area contributed by atoms with Crippen molar-refractivity contribution in [2.45, 2.75) is 26.3 Å². The number of carbonyl (C=O) groups is 1. The Morgan fingerprint density at radius 1 is 1.00 bits per heavy atom. The number of hydrogen-bond donors (Lipinski definition) is 1. The number of carbonyl (C=O) groups excluding carboxylic acids is 1. The topological polar surface area (TPSA) is 52.5 Å². The van der Waals surface area contributed by atoms with Crippen LogP contribution < -0.4 is 14.8 Å². The number of aromatic nitrogens is 1. The maximum Gasteiger partial charge on any atom is 0.257 e. The Bertz CT molecular complexity index is 855. The van der Waals surface area contributed by atoms with Gasteiger partial charge in [-0.3, -0.25) is 4.79 Å². The maximum absolute atomic E-state index is 11.9. The van der Waals surface area contributed by atoms with Gasteiger partial charge in [-0.05, 0) is 54.6 Å². The lowest BCUT2D eigenvalue weighted by atomic mass is 10.2. The molecule has 1 N–H and O–H groups in total. The standard InChI is InChI=1S/C22H26N2O3/c1-2-16-26-19-8-10-20(11-9-19)27-17-22(25)23-13-5-14-24-15-12-18-6-3-4-7-21(18)24/h3-4,6-12,15H,2,5,13-14,16-17H2,1H3,(H,23,25). The van der Waals surface area contributed by atoms with Gasteiger partial charge in [0, 0.05) is 24.8 Å². The molecule has 5 nitrogen and oxygen atoms in total. The lowest BCUT2D eigenvalue weighted by Gasteiger charge is -2.09. The number of ether oxygens (including phenoxy) is 2. The third-order valence-electron chi connectivity index (χ3n) is 4.24. The van der Waals surface area contributed by atoms with Crippen LogP contribution in [0.5, 0.6) is 11.5 Å². The molecule has 0 radical (unpaired) electrons. The molecule has 0 aliphatic rings. The third kappa shape index (κ3) is 5.51. The van der Waals surface area contributed by atoms with Crippen molar-refractivity contribution in [3.63, 3.8) is 0 Å². The van der Waals surface area contributed by atoms with Crippen LogP contribution in [0, 0.1) is 0 Å². The summed E-state index contributed by atoms with van der Waals surface area (Å²) in [5.41, 5.74) is 1.22. The van der Waals surface area contributed by atoms with E-state index in [9.17, 15) is 4.79 Å². The minimum absolute atomic E-state index is 0.0155. The van der Waals surface area contributed by atoms with Gasteiger partial charge in [0.15, 0.2) is 6.61 Å². The normalized spacial score (nSPS) is 10.7. The average molecular weight is 366 g/mol. The average Bonchev–Trinajstić information content (AvgIpc) is 3.12. The summed E-state index contributed by atoms with van der Waals surface area (Å²) in [4.78, 5) is 11.9. The van der Waals surface area contributed by atoms with Gasteiger partial charge in [0.25, 0.3) is 5.91 Å². The number of hydrogen-bond acceptors (Lipinski definition) is 3. The van der Waals surface area contributed by atoms with E-state index in [1.54, 1.807) is 0 Å². The van der Waals surface area contributed by atoms with Gasteiger partial charge in [-0.1, -0.05) is 25.1 Å². The van der Waals surface area contributed by atoms with Crippen LogP contribution in [0.2, 0.25) is 0 Å². The van der Waals surface area contributed by atoms with Crippen molar-refractivity contribution in [2.24, 2.45) is 0 Å². The highest BCUT2D eigenvalue weighted by Gasteiger charge is 2.04. The number of aryl methyl sites for hydroxylation is 1. The lowest BCUT2D eigenvalue weighted by Crippen LogP contribution is -2.30. The van der Waals surface area contributed by atoms with Crippen LogP contribution in [0.1, 0.15) is 19.8 Å². The molecule has 0 bridgehead atoms. The molecule has 0 aliphatic heterocycles. The quantitative estimate of drug-likeness (QED) is 0.552. The number of rotatable bonds is 10. The van der Waals surface area contributed by atoms with E-state index in [1.165, 1.54) is 10.9 Å². The van der Waals surface area contributed by atoms with Crippen LogP contribution in [-0.4, -0.2) is 30.2 Å². The molecule has 5 heteroatoms. The zero-order chi connectivity index (χ0) is 18.9. The van der Waals surface area contributed by atoms with E-state index in [0.29, 0.717) is 18.9 Å². The van der Waals surface area contributed by atoms with E-state index in [4.69, 9.17) is 9.47 Å². The number of para-hydroxylation sites is 1. The van der Waals surface area contributed by atoms with E-state index in [-0.39, 0.29) is 12.5 Å². The molecule has 0 fully saturated rings. The van der Waals surface area contributed by atoms with E-state index in [0.717, 1.165) is 25.1 Å². The summed E-state index contributed by atoms with van der Waals surface area (Å²) in [6.45, 7) is 4.27. The summed E-state index contributed by atoms with van der Waals surface area (Å²) in [6.07, 6.45) is 3.93. The van der Waals surface area contributed by atoms with Crippen LogP contribution in [-0.2, 0) is 11.3 Å². The largest absolute Gasteiger partial charge is 0.494 e. The highest BCUT2D eigenvalue weighted by molar-refractivity contribution is 5.80. The first kappa shape index (κ1) is 18.8. The Morgan fingerprint density at radius 2 is 1.74 bits per heavy atom. The lowest BCUT2D eigenvalue weighted by molar-refractivity contribution is -0.123. The van der Waals surface area contributed by atoms with Crippen LogP contribution in [0.3, 0.4) is 0 Å². The molecule has 1 aromatic heterocycles. The highest BCUT2D eigenvalue weighted by Crippen LogP contribution is 2.17. The molecule has 142 valence electrons. The second-order valence-electron chi connectivity index (χ2n) is 6.38. The minimum Gasteiger partial charge on any atom is -0.494 e. The van der Waals surface area contributed by atoms with Gasteiger partial charge in [-0.25, -0.2) is 0 Å². The van der Waals surface area contributed by atoms with Crippen molar-refractivity contribution < 1.29 is 14.3 Å². The molecule has 3 aromatic rings. The summed E-state index contributed by atoms with van der Waals surface area (Å²) in [7, 11) is 0. The first-order valence-electron chi connectivity index (χ1n) is 9.42. The van der Waals surface area contributed by atoms with E-state index in [1.807, 2.05) is 36.4 Å². The molecule has 2 aromatic carbocycles. The van der Waals surface area contributed by atoms with Gasteiger partial charge in [0.1, 0.15) is 11.5 Å². The predicted octanol–water partition coefficient (Wildman–Crippen LogP) is 4.02. The van der Waals surface area contributed by atoms with E-state index < -0.39 is 0 Å². The molecule has 0 saturated heterocycles. The summed E-state index contributed by atoms with van der Waals surface area (Å²) < 4.78 is 13.2. The number of nitrogens with zero attached hydrogens (tertiary/aromatic N) is 1. The Morgan fingerprint density at radius 3 is 2.52 bits per heavy atom. The number of benzene rings is 2. The zero-order valence-corrected chi connectivity index (χ0v) is 15.7. The molecular weight excluding hydrogens is 340 g/mol. The molecule has 0 unspecified atom stereocenters. The van der Waals surface area contributed by atoms with Gasteiger partial charge in [0.2, 0.25) is 0 Å². The van der Waals surface area contributed by atoms with Gasteiger partial charge in [-0.15, -0.1) is 0 Å². The molecule has 0 spiro atoms. The zero-order valence-electron chi connectivity index (χ0n) is 15.7. The van der Waals surface area contributed by atoms with Crippen LogP contribution in [0.25, 0.3) is 10.9 Å². The minimum atomic E-state index is -0.112. The van der Waals surface area contributed by atoms with Crippen LogP contribution in [0.15, 0.2) is 60.8 Å². The Hall–Kier alpha value is -2.95. The number of amides is 1. The number of nitrogens with one attached hydrogen (secondary N) is 1. The van der Waals surface area contributed by atoms with Gasteiger partial charge in [-0.2, -0.15) is 0 Å². The maximum atomic E-state index is 11.9. The molecule has 1 amide bonds.